The molecule has 21 heavy (non-hydrogen) atoms. The Kier molecular flexibility index (Phi) is 3.53. The molecule has 0 bridgehead atoms. The van der Waals surface area contributed by atoms with Crippen molar-refractivity contribution in [3.8, 4) is 0 Å². The number of piperidine rings is 1. The van der Waals surface area contributed by atoms with Gasteiger partial charge in [0.05, 0.1) is 6.54 Å². The summed E-state index contributed by atoms with van der Waals surface area (Å²) in [5, 5.41) is 0. The second-order valence-corrected chi connectivity index (χ2v) is 5.83. The van der Waals surface area contributed by atoms with Gasteiger partial charge in [0.15, 0.2) is 0 Å². The van der Waals surface area contributed by atoms with Gasteiger partial charge in [0, 0.05) is 26.8 Å². The van der Waals surface area contributed by atoms with Crippen LogP contribution in [-0.2, 0) is 11.3 Å². The van der Waals surface area contributed by atoms with E-state index in [1.165, 1.54) is 4.90 Å². The van der Waals surface area contributed by atoms with E-state index in [1.807, 2.05) is 31.1 Å². The van der Waals surface area contributed by atoms with Gasteiger partial charge in [-0.15, -0.1) is 0 Å². The van der Waals surface area contributed by atoms with Crippen molar-refractivity contribution < 1.29 is 9.59 Å². The number of anilines is 1. The van der Waals surface area contributed by atoms with E-state index in [-0.39, 0.29) is 18.0 Å². The Hall–Kier alpha value is -2.11. The van der Waals surface area contributed by atoms with Gasteiger partial charge in [0.1, 0.15) is 11.9 Å². The number of amides is 3. The lowest BCUT2D eigenvalue weighted by atomic mass is 10.0. The van der Waals surface area contributed by atoms with E-state index >= 15 is 0 Å². The standard InChI is InChI=1S/C15H20N4O2/c1-17(2)13-7-6-11(9-16-13)10-19-14(20)12-5-3-4-8-18(12)15(19)21/h6-7,9,12H,3-5,8,10H2,1-2H3/t12-/m0/s1. The fourth-order valence-corrected chi connectivity index (χ4v) is 2.95. The molecule has 1 aromatic heterocycles. The van der Waals surface area contributed by atoms with E-state index in [2.05, 4.69) is 4.98 Å². The third-order valence-electron chi connectivity index (χ3n) is 4.14. The summed E-state index contributed by atoms with van der Waals surface area (Å²) in [7, 11) is 3.85. The van der Waals surface area contributed by atoms with Crippen LogP contribution in [0.1, 0.15) is 24.8 Å². The first-order chi connectivity index (χ1) is 10.1. The molecule has 2 fully saturated rings. The molecule has 2 saturated heterocycles. The highest BCUT2D eigenvalue weighted by Crippen LogP contribution is 2.27. The fourth-order valence-electron chi connectivity index (χ4n) is 2.95. The summed E-state index contributed by atoms with van der Waals surface area (Å²) < 4.78 is 0. The van der Waals surface area contributed by atoms with Crippen LogP contribution in [0.4, 0.5) is 10.6 Å². The monoisotopic (exact) mass is 288 g/mol. The predicted octanol–water partition coefficient (Wildman–Crippen LogP) is 1.46. The number of carbonyl (C=O) groups is 2. The number of rotatable bonds is 3. The number of nitrogens with zero attached hydrogens (tertiary/aromatic N) is 4. The molecule has 1 atom stereocenters. The highest BCUT2D eigenvalue weighted by Gasteiger charge is 2.45. The van der Waals surface area contributed by atoms with Crippen molar-refractivity contribution >= 4 is 17.8 Å². The smallest absolute Gasteiger partial charge is 0.327 e. The van der Waals surface area contributed by atoms with E-state index in [0.29, 0.717) is 13.1 Å². The maximum atomic E-state index is 12.4. The summed E-state index contributed by atoms with van der Waals surface area (Å²) in [6.07, 6.45) is 4.53. The normalized spacial score (nSPS) is 21.7. The molecule has 3 heterocycles. The van der Waals surface area contributed by atoms with Crippen LogP contribution in [0.25, 0.3) is 0 Å². The van der Waals surface area contributed by atoms with Gasteiger partial charge in [-0.3, -0.25) is 9.69 Å². The maximum absolute atomic E-state index is 12.4. The Labute approximate surface area is 124 Å². The molecule has 3 amide bonds. The molecule has 0 saturated carbocycles. The zero-order chi connectivity index (χ0) is 15.0. The van der Waals surface area contributed by atoms with Crippen LogP contribution in [0.15, 0.2) is 18.3 Å². The second-order valence-electron chi connectivity index (χ2n) is 5.83. The Balaban J connectivity index is 1.75. The molecular weight excluding hydrogens is 268 g/mol. The number of urea groups is 1. The van der Waals surface area contributed by atoms with Crippen molar-refractivity contribution in [2.45, 2.75) is 31.8 Å². The summed E-state index contributed by atoms with van der Waals surface area (Å²) in [4.78, 5) is 34.0. The molecule has 0 radical (unpaired) electrons. The maximum Gasteiger partial charge on any atom is 0.327 e. The molecule has 112 valence electrons. The van der Waals surface area contributed by atoms with Gasteiger partial charge in [-0.1, -0.05) is 6.07 Å². The SMILES string of the molecule is CN(C)c1ccc(CN2C(=O)[C@@H]3CCCCN3C2=O)cn1. The Morgan fingerprint density at radius 3 is 2.71 bits per heavy atom. The molecule has 0 spiro atoms. The average Bonchev–Trinajstić information content (AvgIpc) is 2.73. The minimum absolute atomic E-state index is 0.0589. The largest absolute Gasteiger partial charge is 0.363 e. The molecule has 6 heteroatoms. The lowest BCUT2D eigenvalue weighted by Crippen LogP contribution is -2.38. The number of pyridine rings is 1. The van der Waals surface area contributed by atoms with Gasteiger partial charge in [0.25, 0.3) is 5.91 Å². The first kappa shape index (κ1) is 13.9. The zero-order valence-electron chi connectivity index (χ0n) is 12.5. The Bertz CT molecular complexity index is 531. The van der Waals surface area contributed by atoms with Crippen LogP contribution in [0, 0.1) is 0 Å². The lowest BCUT2D eigenvalue weighted by molar-refractivity contribution is -0.129. The minimum Gasteiger partial charge on any atom is -0.363 e. The van der Waals surface area contributed by atoms with Crippen molar-refractivity contribution in [3.63, 3.8) is 0 Å². The van der Waals surface area contributed by atoms with Crippen LogP contribution in [0.3, 0.4) is 0 Å². The van der Waals surface area contributed by atoms with Crippen molar-refractivity contribution in [1.82, 2.24) is 14.8 Å². The van der Waals surface area contributed by atoms with E-state index in [1.54, 1.807) is 11.1 Å². The quantitative estimate of drug-likeness (QED) is 0.790. The molecule has 1 aromatic rings. The van der Waals surface area contributed by atoms with Crippen LogP contribution in [0.2, 0.25) is 0 Å². The number of hydrogen-bond donors (Lipinski definition) is 0. The van der Waals surface area contributed by atoms with E-state index < -0.39 is 0 Å². The van der Waals surface area contributed by atoms with Crippen LogP contribution >= 0.6 is 0 Å². The van der Waals surface area contributed by atoms with E-state index in [9.17, 15) is 9.59 Å². The average molecular weight is 288 g/mol. The van der Waals surface area contributed by atoms with Gasteiger partial charge < -0.3 is 9.80 Å². The third-order valence-corrected chi connectivity index (χ3v) is 4.14. The number of imide groups is 1. The first-order valence-electron chi connectivity index (χ1n) is 7.32. The summed E-state index contributed by atoms with van der Waals surface area (Å²) >= 11 is 0. The van der Waals surface area contributed by atoms with E-state index in [4.69, 9.17) is 0 Å². The van der Waals surface area contributed by atoms with Gasteiger partial charge in [0.2, 0.25) is 0 Å². The third kappa shape index (κ3) is 2.46. The fraction of sp³-hybridized carbons (Fsp3) is 0.533. The highest BCUT2D eigenvalue weighted by atomic mass is 16.2. The number of carbonyl (C=O) groups excluding carboxylic acids is 2. The van der Waals surface area contributed by atoms with Crippen LogP contribution in [-0.4, -0.2) is 53.4 Å². The molecule has 0 aliphatic carbocycles. The van der Waals surface area contributed by atoms with Crippen LogP contribution in [0.5, 0.6) is 0 Å². The highest BCUT2D eigenvalue weighted by molar-refractivity contribution is 6.04. The van der Waals surface area contributed by atoms with Crippen LogP contribution < -0.4 is 4.90 Å². The topological polar surface area (TPSA) is 56.8 Å². The molecule has 0 N–H and O–H groups in total. The molecular formula is C15H20N4O2. The number of aromatic nitrogens is 1. The zero-order valence-corrected chi connectivity index (χ0v) is 12.5. The van der Waals surface area contributed by atoms with Gasteiger partial charge in [-0.25, -0.2) is 9.78 Å². The summed E-state index contributed by atoms with van der Waals surface area (Å²) in [6, 6.07) is 3.43. The van der Waals surface area contributed by atoms with Gasteiger partial charge in [-0.05, 0) is 30.9 Å². The van der Waals surface area contributed by atoms with Crippen molar-refractivity contribution in [1.29, 1.82) is 0 Å². The molecule has 3 rings (SSSR count). The molecule has 6 nitrogen and oxygen atoms in total. The number of fused-ring (bicyclic) bond motifs is 1. The summed E-state index contributed by atoms with van der Waals surface area (Å²) in [6.45, 7) is 1.01. The molecule has 2 aliphatic heterocycles. The van der Waals surface area contributed by atoms with E-state index in [0.717, 1.165) is 30.6 Å². The Morgan fingerprint density at radius 2 is 2.10 bits per heavy atom. The van der Waals surface area contributed by atoms with Gasteiger partial charge >= 0.3 is 6.03 Å². The minimum atomic E-state index is -0.236. The van der Waals surface area contributed by atoms with Gasteiger partial charge in [-0.2, -0.15) is 0 Å². The lowest BCUT2D eigenvalue weighted by Gasteiger charge is -2.26. The summed E-state index contributed by atoms with van der Waals surface area (Å²) in [5.41, 5.74) is 0.877. The molecule has 0 unspecified atom stereocenters. The van der Waals surface area contributed by atoms with Crippen molar-refractivity contribution in [3.05, 3.63) is 23.9 Å². The predicted molar refractivity (Wildman–Crippen MR) is 78.9 cm³/mol. The van der Waals surface area contributed by atoms with Crippen molar-refractivity contribution in [2.75, 3.05) is 25.5 Å². The van der Waals surface area contributed by atoms with Crippen molar-refractivity contribution in [2.24, 2.45) is 0 Å². The molecule has 0 aromatic carbocycles. The first-order valence-corrected chi connectivity index (χ1v) is 7.32. The molecule has 2 aliphatic rings. The number of hydrogen-bond acceptors (Lipinski definition) is 4. The summed E-state index contributed by atoms with van der Waals surface area (Å²) in [5.74, 6) is 0.798. The second kappa shape index (κ2) is 5.35. The Morgan fingerprint density at radius 1 is 1.29 bits per heavy atom.